The van der Waals surface area contributed by atoms with E-state index < -0.39 is 29.6 Å². The quantitative estimate of drug-likeness (QED) is 0.175. The number of halogens is 1. The van der Waals surface area contributed by atoms with E-state index in [1.807, 2.05) is 19.1 Å². The molecule has 196 valence electrons. The zero-order valence-corrected chi connectivity index (χ0v) is 21.4. The molecule has 0 fully saturated rings. The summed E-state index contributed by atoms with van der Waals surface area (Å²) in [5.41, 5.74) is -0.554. The Morgan fingerprint density at radius 3 is 2.50 bits per heavy atom. The number of hydrogen-bond acceptors (Lipinski definition) is 7. The van der Waals surface area contributed by atoms with Crippen LogP contribution in [0.3, 0.4) is 0 Å². The average Bonchev–Trinajstić information content (AvgIpc) is 2.81. The Labute approximate surface area is 213 Å². The number of hydrogen-bond donors (Lipinski definition) is 4. The summed E-state index contributed by atoms with van der Waals surface area (Å²) >= 11 is 1.23. The van der Waals surface area contributed by atoms with E-state index in [0.717, 1.165) is 12.1 Å². The van der Waals surface area contributed by atoms with E-state index in [2.05, 4.69) is 20.9 Å². The first-order valence-corrected chi connectivity index (χ1v) is 12.2. The van der Waals surface area contributed by atoms with Gasteiger partial charge in [-0.2, -0.15) is 0 Å². The number of amides is 3. The molecular weight excluding hydrogens is 491 g/mol. The molecule has 12 heteroatoms. The Morgan fingerprint density at radius 1 is 1.19 bits per heavy atom. The molecule has 0 saturated heterocycles. The van der Waals surface area contributed by atoms with Gasteiger partial charge in [-0.15, -0.1) is 0 Å². The summed E-state index contributed by atoms with van der Waals surface area (Å²) in [6, 6.07) is 0.973. The molecule has 1 aromatic heterocycles. The second-order valence-electron chi connectivity index (χ2n) is 7.83. The molecule has 1 heterocycles. The third kappa shape index (κ3) is 11.3. The fraction of sp³-hybridized carbons (Fsp3) is 0.417. The van der Waals surface area contributed by atoms with E-state index in [9.17, 15) is 28.4 Å². The topological polar surface area (TPSA) is 155 Å². The molecule has 0 spiro atoms. The van der Waals surface area contributed by atoms with Gasteiger partial charge in [-0.3, -0.25) is 24.0 Å². The molecule has 2 atom stereocenters. The minimum Gasteiger partial charge on any atom is -0.480 e. The third-order valence-electron chi connectivity index (χ3n) is 4.67. The molecule has 0 bridgehead atoms. The van der Waals surface area contributed by atoms with E-state index in [0.29, 0.717) is 12.2 Å². The molecule has 0 aliphatic heterocycles. The van der Waals surface area contributed by atoms with Crippen LogP contribution in [-0.4, -0.2) is 50.7 Å². The predicted octanol–water partition coefficient (Wildman–Crippen LogP) is 2.31. The monoisotopic (exact) mass is 522 g/mol. The number of aromatic nitrogens is 1. The van der Waals surface area contributed by atoms with Crippen molar-refractivity contribution in [3.8, 4) is 0 Å². The first-order valence-electron chi connectivity index (χ1n) is 11.2. The molecule has 4 N–H and O–H groups in total. The summed E-state index contributed by atoms with van der Waals surface area (Å²) < 4.78 is 14.2. The molecule has 3 amide bonds. The van der Waals surface area contributed by atoms with Crippen LogP contribution in [0.1, 0.15) is 56.7 Å². The van der Waals surface area contributed by atoms with Gasteiger partial charge in [0.1, 0.15) is 23.3 Å². The second-order valence-corrected chi connectivity index (χ2v) is 9.10. The lowest BCUT2D eigenvalue weighted by Gasteiger charge is -2.13. The fourth-order valence-electron chi connectivity index (χ4n) is 2.73. The molecule has 1 rings (SSSR count). The number of aliphatic carboxylic acids is 1. The van der Waals surface area contributed by atoms with Gasteiger partial charge in [0.05, 0.1) is 12.2 Å². The summed E-state index contributed by atoms with van der Waals surface area (Å²) in [6.45, 7) is 5.85. The van der Waals surface area contributed by atoms with Gasteiger partial charge < -0.3 is 21.1 Å². The maximum atomic E-state index is 14.2. The van der Waals surface area contributed by atoms with Crippen LogP contribution in [0.25, 0.3) is 0 Å². The minimum atomic E-state index is -1.24. The van der Waals surface area contributed by atoms with Gasteiger partial charge in [0.2, 0.25) is 5.91 Å². The molecule has 0 aromatic carbocycles. The van der Waals surface area contributed by atoms with Gasteiger partial charge in [0.15, 0.2) is 5.12 Å². The maximum Gasteiger partial charge on any atom is 0.325 e. The number of carboxylic acid groups (broad SMARTS) is 1. The fourth-order valence-corrected chi connectivity index (χ4v) is 3.27. The van der Waals surface area contributed by atoms with Crippen LogP contribution in [0, 0.1) is 11.7 Å². The molecule has 0 aliphatic carbocycles. The highest BCUT2D eigenvalue weighted by Gasteiger charge is 2.20. The Hall–Kier alpha value is -3.54. The Morgan fingerprint density at radius 2 is 1.89 bits per heavy atom. The Bertz CT molecular complexity index is 1040. The summed E-state index contributed by atoms with van der Waals surface area (Å²) in [7, 11) is 0. The second kappa shape index (κ2) is 15.5. The number of pyridine rings is 1. The summed E-state index contributed by atoms with van der Waals surface area (Å²) in [5.74, 6) is -3.32. The van der Waals surface area contributed by atoms with Gasteiger partial charge in [-0.1, -0.05) is 36.9 Å². The lowest BCUT2D eigenvalue weighted by atomic mass is 10.1. The highest BCUT2D eigenvalue weighted by molar-refractivity contribution is 8.13. The van der Waals surface area contributed by atoms with Crippen LogP contribution in [-0.2, 0) is 25.7 Å². The molecule has 0 saturated carbocycles. The van der Waals surface area contributed by atoms with Crippen LogP contribution in [0.4, 0.5) is 4.39 Å². The van der Waals surface area contributed by atoms with E-state index >= 15 is 0 Å². The van der Waals surface area contributed by atoms with Crippen LogP contribution in [0.5, 0.6) is 0 Å². The van der Waals surface area contributed by atoms with E-state index in [-0.39, 0.29) is 47.0 Å². The molecule has 1 aromatic rings. The van der Waals surface area contributed by atoms with Crippen molar-refractivity contribution in [3.63, 3.8) is 0 Å². The Kier molecular flexibility index (Phi) is 13.1. The number of carboxylic acids is 1. The van der Waals surface area contributed by atoms with Crippen molar-refractivity contribution in [3.05, 3.63) is 53.3 Å². The van der Waals surface area contributed by atoms with Crippen molar-refractivity contribution in [2.75, 3.05) is 5.75 Å². The smallest absolute Gasteiger partial charge is 0.325 e. The zero-order valence-electron chi connectivity index (χ0n) is 20.6. The minimum absolute atomic E-state index is 0.0522. The van der Waals surface area contributed by atoms with Crippen molar-refractivity contribution < 1.29 is 33.5 Å². The van der Waals surface area contributed by atoms with E-state index in [1.165, 1.54) is 38.6 Å². The zero-order chi connectivity index (χ0) is 27.3. The number of rotatable bonds is 13. The number of nitrogens with one attached hydrogen (secondary N) is 3. The number of nitrogens with zero attached hydrogens (tertiary/aromatic N) is 1. The number of allylic oxidation sites excluding steroid dienone is 3. The molecular formula is C24H31FN4O6S. The number of thioether (sulfide) groups is 1. The summed E-state index contributed by atoms with van der Waals surface area (Å²) in [6.07, 6.45) is 5.92. The van der Waals surface area contributed by atoms with Gasteiger partial charge in [-0.25, -0.2) is 9.37 Å². The molecule has 0 radical (unpaired) electrons. The SMILES string of the molecule is C/C=C(\NC(=O)c1ccc(F)c(CNC(=O)C[C@H](C)/C=C/CCSC(C)=O)n1)C(=O)N[C@@H](C)C(=O)O. The molecule has 0 aliphatic rings. The molecule has 36 heavy (non-hydrogen) atoms. The maximum absolute atomic E-state index is 14.2. The van der Waals surface area contributed by atoms with Gasteiger partial charge >= 0.3 is 5.97 Å². The third-order valence-corrected chi connectivity index (χ3v) is 5.51. The Balaban J connectivity index is 2.68. The summed E-state index contributed by atoms with van der Waals surface area (Å²) in [4.78, 5) is 62.6. The highest BCUT2D eigenvalue weighted by atomic mass is 32.2. The first kappa shape index (κ1) is 30.5. The normalized spacial score (nSPS) is 13.1. The lowest BCUT2D eigenvalue weighted by Crippen LogP contribution is -2.42. The van der Waals surface area contributed by atoms with Crippen molar-refractivity contribution in [1.82, 2.24) is 20.9 Å². The standard InChI is InChI=1S/C24H31FN4O6S/c1-5-18(22(32)27-15(3)24(34)35)29-23(33)19-10-9-17(25)20(28-19)13-26-21(31)12-14(2)8-6-7-11-36-16(4)30/h5-6,8-10,14-15H,7,11-13H2,1-4H3,(H,26,31)(H,27,32)(H,29,33)(H,34,35)/b8-6+,18-5-/t14-,15+/m1/s1. The van der Waals surface area contributed by atoms with Crippen LogP contribution >= 0.6 is 11.8 Å². The van der Waals surface area contributed by atoms with Gasteiger partial charge in [0, 0.05) is 19.1 Å². The largest absolute Gasteiger partial charge is 0.480 e. The van der Waals surface area contributed by atoms with Gasteiger partial charge in [0.25, 0.3) is 11.8 Å². The van der Waals surface area contributed by atoms with Crippen molar-refractivity contribution in [2.45, 2.75) is 53.1 Å². The number of carbonyl (C=O) groups is 5. The van der Waals surface area contributed by atoms with Crippen LogP contribution in [0.15, 0.2) is 36.1 Å². The number of carbonyl (C=O) groups excluding carboxylic acids is 4. The van der Waals surface area contributed by atoms with E-state index in [4.69, 9.17) is 5.11 Å². The van der Waals surface area contributed by atoms with Crippen molar-refractivity contribution >= 4 is 40.6 Å². The van der Waals surface area contributed by atoms with Gasteiger partial charge in [-0.05, 0) is 38.3 Å². The van der Waals surface area contributed by atoms with Crippen LogP contribution in [0.2, 0.25) is 0 Å². The van der Waals surface area contributed by atoms with Crippen molar-refractivity contribution in [2.24, 2.45) is 5.92 Å². The summed E-state index contributed by atoms with van der Waals surface area (Å²) in [5, 5.41) is 16.1. The first-order chi connectivity index (χ1) is 16.9. The van der Waals surface area contributed by atoms with E-state index in [1.54, 1.807) is 0 Å². The molecule has 10 nitrogen and oxygen atoms in total. The average molecular weight is 523 g/mol. The lowest BCUT2D eigenvalue weighted by molar-refractivity contribution is -0.140. The molecule has 0 unspecified atom stereocenters. The highest BCUT2D eigenvalue weighted by Crippen LogP contribution is 2.10. The van der Waals surface area contributed by atoms with Crippen molar-refractivity contribution in [1.29, 1.82) is 0 Å². The predicted molar refractivity (Wildman–Crippen MR) is 133 cm³/mol. The van der Waals surface area contributed by atoms with Crippen LogP contribution < -0.4 is 16.0 Å².